The molecule has 0 spiro atoms. The maximum atomic E-state index is 2.68. The van der Waals surface area contributed by atoms with Gasteiger partial charge in [0.25, 0.3) is 0 Å². The van der Waals surface area contributed by atoms with Crippen LogP contribution in [0.3, 0.4) is 0 Å². The van der Waals surface area contributed by atoms with E-state index >= 15 is 0 Å². The molecule has 2 heteroatoms. The second-order valence-electron chi connectivity index (χ2n) is 9.86. The van der Waals surface area contributed by atoms with Crippen LogP contribution in [0.1, 0.15) is 90.9 Å². The van der Waals surface area contributed by atoms with Crippen LogP contribution >= 0.6 is 0 Å². The minimum atomic E-state index is -1.37. The van der Waals surface area contributed by atoms with E-state index in [1.165, 1.54) is 64.2 Å². The Hall–Kier alpha value is 1.09. The molecule has 0 unspecified atom stereocenters. The van der Waals surface area contributed by atoms with Crippen LogP contribution in [0.25, 0.3) is 0 Å². The summed E-state index contributed by atoms with van der Waals surface area (Å²) in [5.41, 5.74) is 0. The van der Waals surface area contributed by atoms with Gasteiger partial charge in [0.15, 0.2) is 0 Å². The third kappa shape index (κ3) is 16.5. The van der Waals surface area contributed by atoms with Gasteiger partial charge in [0.2, 0.25) is 0 Å². The van der Waals surface area contributed by atoms with E-state index in [0.29, 0.717) is 0 Å². The molecule has 0 aromatic rings. The zero-order valence-electron chi connectivity index (χ0n) is 18.3. The van der Waals surface area contributed by atoms with Crippen LogP contribution in [0.15, 0.2) is 0 Å². The van der Waals surface area contributed by atoms with E-state index in [1.54, 1.807) is 33.9 Å². The van der Waals surface area contributed by atoms with E-state index in [9.17, 15) is 0 Å². The number of rotatable bonds is 17. The van der Waals surface area contributed by atoms with Crippen molar-refractivity contribution in [2.45, 2.75) is 135 Å². The third-order valence-corrected chi connectivity index (χ3v) is 20.2. The molecule has 0 aliphatic heterocycles. The van der Waals surface area contributed by atoms with Gasteiger partial charge in [0, 0.05) is 0 Å². The zero-order valence-corrected chi connectivity index (χ0v) is 22.5. The molecular weight excluding hydrogens is 409 g/mol. The summed E-state index contributed by atoms with van der Waals surface area (Å²) in [4.78, 5) is 0. The molecule has 0 aliphatic carbocycles. The van der Waals surface area contributed by atoms with Gasteiger partial charge in [0.1, 0.15) is 0 Å². The van der Waals surface area contributed by atoms with E-state index in [-0.39, 0.29) is 0 Å². The number of hydrogen-bond donors (Lipinski definition) is 0. The first kappa shape index (κ1) is 25.1. The van der Waals surface area contributed by atoms with Crippen molar-refractivity contribution in [2.24, 2.45) is 0 Å². The van der Waals surface area contributed by atoms with Gasteiger partial charge in [-0.15, -0.1) is 0 Å². The molecule has 0 saturated carbocycles. The summed E-state index contributed by atoms with van der Waals surface area (Å²) in [6, 6.07) is 0. The maximum absolute atomic E-state index is 2.68. The van der Waals surface area contributed by atoms with Crippen LogP contribution in [0.4, 0.5) is 0 Å². The Balaban J connectivity index is 3.60. The third-order valence-electron chi connectivity index (χ3n) is 5.87. The fourth-order valence-corrected chi connectivity index (χ4v) is 15.1. The van der Waals surface area contributed by atoms with Crippen molar-refractivity contribution in [3.63, 3.8) is 0 Å². The van der Waals surface area contributed by atoms with E-state index in [4.69, 9.17) is 0 Å². The predicted molar refractivity (Wildman–Crippen MR) is 121 cm³/mol. The summed E-state index contributed by atoms with van der Waals surface area (Å²) >= 11 is -2.74. The van der Waals surface area contributed by atoms with Crippen LogP contribution in [-0.4, -0.2) is 26.5 Å². The predicted octanol–water partition coefficient (Wildman–Crippen LogP) is 9.12. The molecule has 0 bridgehead atoms. The van der Waals surface area contributed by atoms with Crippen molar-refractivity contribution in [2.75, 3.05) is 0 Å². The normalized spacial score (nSPS) is 12.8. The molecule has 0 amide bonds. The van der Waals surface area contributed by atoms with Gasteiger partial charge in [-0.3, -0.25) is 0 Å². The van der Waals surface area contributed by atoms with E-state index < -0.39 is 26.5 Å². The Morgan fingerprint density at radius 2 is 0.625 bits per heavy atom. The number of unbranched alkanes of at least 4 members (excludes halogenated alkanes) is 9. The zero-order chi connectivity index (χ0) is 18.3. The molecule has 24 heavy (non-hydrogen) atoms. The Bertz CT molecular complexity index is 243. The molecule has 0 aromatic carbocycles. The van der Waals surface area contributed by atoms with Gasteiger partial charge >= 0.3 is 161 Å². The Morgan fingerprint density at radius 3 is 0.875 bits per heavy atom. The summed E-state index contributed by atoms with van der Waals surface area (Å²) in [6.45, 7) is 4.64. The summed E-state index contributed by atoms with van der Waals surface area (Å²) in [5, 5.41) is 6.52. The first-order chi connectivity index (χ1) is 11.3. The molecule has 0 radical (unpaired) electrons. The molecule has 0 fully saturated rings. The van der Waals surface area contributed by atoms with Gasteiger partial charge in [-0.25, -0.2) is 0 Å². The molecule has 0 N–H and O–H groups in total. The van der Waals surface area contributed by atoms with Gasteiger partial charge in [0.05, 0.1) is 0 Å². The molecule has 146 valence electrons. The van der Waals surface area contributed by atoms with Gasteiger partial charge in [-0.05, 0) is 0 Å². The molecule has 0 saturated heterocycles. The second-order valence-corrected chi connectivity index (χ2v) is 32.2. The van der Waals surface area contributed by atoms with Crippen molar-refractivity contribution in [3.8, 4) is 0 Å². The van der Waals surface area contributed by atoms with Crippen molar-refractivity contribution >= 4 is 26.5 Å². The first-order valence-electron chi connectivity index (χ1n) is 11.3. The molecule has 0 heterocycles. The molecule has 0 atom stereocenters. The Kier molecular flexibility index (Phi) is 15.9. The number of hydrogen-bond acceptors (Lipinski definition) is 0. The molecule has 0 nitrogen and oxygen atoms in total. The fourth-order valence-electron chi connectivity index (χ4n) is 3.87. The van der Waals surface area contributed by atoms with Crippen LogP contribution in [0, 0.1) is 0 Å². The SMILES string of the molecule is CCCCC[CH2][Ge]([CH3])([CH3])[CH2]CCCC[CH2][Ge]([CH3])([CH3])[CH2]CCCCC. The van der Waals surface area contributed by atoms with Crippen molar-refractivity contribution < 1.29 is 0 Å². The Morgan fingerprint density at radius 1 is 0.375 bits per heavy atom. The fraction of sp³-hybridized carbons (Fsp3) is 1.00. The summed E-state index contributed by atoms with van der Waals surface area (Å²) in [5.74, 6) is 10.7. The summed E-state index contributed by atoms with van der Waals surface area (Å²) < 4.78 is 0. The monoisotopic (exact) mass is 462 g/mol. The first-order valence-corrected chi connectivity index (χ1v) is 25.7. The topological polar surface area (TPSA) is 0 Å². The quantitative estimate of drug-likeness (QED) is 0.150. The van der Waals surface area contributed by atoms with E-state index in [0.717, 1.165) is 0 Å². The van der Waals surface area contributed by atoms with E-state index in [1.807, 2.05) is 0 Å². The molecular formula is C22H50Ge2. The van der Waals surface area contributed by atoms with Gasteiger partial charge < -0.3 is 0 Å². The van der Waals surface area contributed by atoms with Crippen LogP contribution in [-0.2, 0) is 0 Å². The van der Waals surface area contributed by atoms with Crippen LogP contribution in [0.5, 0.6) is 0 Å². The minimum absolute atomic E-state index is 1.37. The van der Waals surface area contributed by atoms with Crippen LogP contribution < -0.4 is 0 Å². The van der Waals surface area contributed by atoms with Crippen molar-refractivity contribution in [3.05, 3.63) is 0 Å². The van der Waals surface area contributed by atoms with Gasteiger partial charge in [-0.1, -0.05) is 0 Å². The summed E-state index contributed by atoms with van der Waals surface area (Å²) in [6.07, 6.45) is 17.9. The molecule has 0 rings (SSSR count). The summed E-state index contributed by atoms with van der Waals surface area (Å²) in [7, 11) is 0. The Labute approximate surface area is 161 Å². The van der Waals surface area contributed by atoms with E-state index in [2.05, 4.69) is 36.9 Å². The van der Waals surface area contributed by atoms with Crippen molar-refractivity contribution in [1.29, 1.82) is 0 Å². The molecule has 0 aliphatic rings. The van der Waals surface area contributed by atoms with Crippen LogP contribution in [0.2, 0.25) is 44.0 Å². The average molecular weight is 460 g/mol. The second kappa shape index (κ2) is 15.2. The van der Waals surface area contributed by atoms with Gasteiger partial charge in [-0.2, -0.15) is 0 Å². The standard InChI is InChI=1S/C22H50Ge2/c1-7-9-11-15-19-23(3,4)21-17-13-14-18-22-24(5,6)20-16-12-10-8-2/h7-22H2,1-6H3. The average Bonchev–Trinajstić information content (AvgIpc) is 2.51. The van der Waals surface area contributed by atoms with Crippen molar-refractivity contribution in [1.82, 2.24) is 0 Å². The molecule has 0 aromatic heterocycles.